The molecule has 1 aliphatic rings. The first-order valence-electron chi connectivity index (χ1n) is 7.36. The second kappa shape index (κ2) is 6.46. The molecule has 3 aromatic heterocycles. The van der Waals surface area contributed by atoms with Crippen LogP contribution in [0.3, 0.4) is 0 Å². The third-order valence-corrected chi connectivity index (χ3v) is 3.53. The summed E-state index contributed by atoms with van der Waals surface area (Å²) in [5.74, 6) is 0.710. The van der Waals surface area contributed by atoms with Crippen LogP contribution in [0.1, 0.15) is 13.8 Å². The summed E-state index contributed by atoms with van der Waals surface area (Å²) in [6.07, 6.45) is 1.69. The van der Waals surface area contributed by atoms with Gasteiger partial charge in [-0.05, 0) is 23.7 Å². The van der Waals surface area contributed by atoms with E-state index in [0.717, 1.165) is 18.5 Å². The third-order valence-electron chi connectivity index (χ3n) is 3.36. The van der Waals surface area contributed by atoms with Crippen LogP contribution in [0, 0.1) is 0 Å². The average molecular weight is 321 g/mol. The Balaban J connectivity index is 0.000000693. The van der Waals surface area contributed by atoms with E-state index < -0.39 is 0 Å². The highest BCUT2D eigenvalue weighted by Crippen LogP contribution is 2.32. The molecule has 0 unspecified atom stereocenters. The van der Waals surface area contributed by atoms with Crippen molar-refractivity contribution < 1.29 is 9.15 Å². The normalized spacial score (nSPS) is 15.0. The van der Waals surface area contributed by atoms with Crippen molar-refractivity contribution >= 4 is 39.6 Å². The van der Waals surface area contributed by atoms with Crippen LogP contribution in [0.4, 0.5) is 5.82 Å². The number of fused-ring (bicyclic) bond motifs is 3. The molecule has 0 saturated carbocycles. The maximum absolute atomic E-state index is 6.06. The van der Waals surface area contributed by atoms with Gasteiger partial charge in [-0.3, -0.25) is 0 Å². The number of rotatable bonds is 1. The maximum atomic E-state index is 6.06. The number of aromatic nitrogens is 3. The van der Waals surface area contributed by atoms with Crippen molar-refractivity contribution in [1.29, 1.82) is 0 Å². The van der Waals surface area contributed by atoms with E-state index in [1.807, 2.05) is 26.0 Å². The number of ether oxygens (including phenoxy) is 1. The van der Waals surface area contributed by atoms with E-state index in [1.54, 1.807) is 6.20 Å². The van der Waals surface area contributed by atoms with Crippen LogP contribution in [-0.2, 0) is 4.74 Å². The number of pyridine rings is 1. The fraction of sp³-hybridized carbons (Fsp3) is 0.400. The van der Waals surface area contributed by atoms with E-state index in [4.69, 9.17) is 20.8 Å². The van der Waals surface area contributed by atoms with Gasteiger partial charge in [-0.1, -0.05) is 13.8 Å². The largest absolute Gasteiger partial charge is 0.432 e. The standard InChI is InChI=1S/C13H11ClN4O2.C2H6/c14-13-16-9-8-2-1-3-15-12(8)20-10(9)11(17-13)18-4-6-19-7-5-18;1-2/h1-3H,4-7H2;1-2H3. The van der Waals surface area contributed by atoms with Crippen molar-refractivity contribution in [1.82, 2.24) is 15.0 Å². The smallest absolute Gasteiger partial charge is 0.229 e. The number of hydrogen-bond donors (Lipinski definition) is 0. The summed E-state index contributed by atoms with van der Waals surface area (Å²) in [5.41, 5.74) is 1.88. The quantitative estimate of drug-likeness (QED) is 0.641. The molecule has 22 heavy (non-hydrogen) atoms. The van der Waals surface area contributed by atoms with Gasteiger partial charge in [0.2, 0.25) is 11.0 Å². The van der Waals surface area contributed by atoms with Gasteiger partial charge in [0.05, 0.1) is 18.6 Å². The molecule has 3 aromatic rings. The Bertz CT molecular complexity index is 784. The molecule has 6 nitrogen and oxygen atoms in total. The summed E-state index contributed by atoms with van der Waals surface area (Å²) in [4.78, 5) is 14.9. The van der Waals surface area contributed by atoms with Gasteiger partial charge in [0.15, 0.2) is 11.4 Å². The fourth-order valence-corrected chi connectivity index (χ4v) is 2.59. The third kappa shape index (κ3) is 2.60. The van der Waals surface area contributed by atoms with Crippen LogP contribution in [-0.4, -0.2) is 41.3 Å². The number of furan rings is 1. The Kier molecular flexibility index (Phi) is 4.40. The van der Waals surface area contributed by atoms with Crippen molar-refractivity contribution in [2.75, 3.05) is 31.2 Å². The molecule has 0 atom stereocenters. The highest BCUT2D eigenvalue weighted by Gasteiger charge is 2.21. The Morgan fingerprint density at radius 2 is 1.95 bits per heavy atom. The van der Waals surface area contributed by atoms with Crippen LogP contribution >= 0.6 is 11.6 Å². The lowest BCUT2D eigenvalue weighted by Gasteiger charge is -2.27. The van der Waals surface area contributed by atoms with Crippen LogP contribution < -0.4 is 4.90 Å². The maximum Gasteiger partial charge on any atom is 0.229 e. The lowest BCUT2D eigenvalue weighted by molar-refractivity contribution is 0.122. The minimum absolute atomic E-state index is 0.213. The highest BCUT2D eigenvalue weighted by atomic mass is 35.5. The summed E-state index contributed by atoms with van der Waals surface area (Å²) < 4.78 is 11.2. The topological polar surface area (TPSA) is 64.3 Å². The van der Waals surface area contributed by atoms with Crippen molar-refractivity contribution in [2.24, 2.45) is 0 Å². The van der Waals surface area contributed by atoms with Gasteiger partial charge in [-0.2, -0.15) is 4.98 Å². The first-order valence-corrected chi connectivity index (χ1v) is 7.74. The number of nitrogens with zero attached hydrogens (tertiary/aromatic N) is 4. The fourth-order valence-electron chi connectivity index (χ4n) is 2.43. The van der Waals surface area contributed by atoms with Crippen LogP contribution in [0.15, 0.2) is 22.7 Å². The monoisotopic (exact) mass is 320 g/mol. The molecule has 0 aliphatic carbocycles. The molecule has 7 heteroatoms. The summed E-state index contributed by atoms with van der Waals surface area (Å²) >= 11 is 6.06. The number of morpholine rings is 1. The van der Waals surface area contributed by atoms with E-state index in [9.17, 15) is 0 Å². The predicted molar refractivity (Wildman–Crippen MR) is 86.5 cm³/mol. The molecule has 0 N–H and O–H groups in total. The van der Waals surface area contributed by atoms with E-state index in [0.29, 0.717) is 35.8 Å². The zero-order chi connectivity index (χ0) is 15.5. The summed E-state index contributed by atoms with van der Waals surface area (Å²) in [5, 5.41) is 1.06. The molecule has 1 saturated heterocycles. The highest BCUT2D eigenvalue weighted by molar-refractivity contribution is 6.29. The zero-order valence-corrected chi connectivity index (χ0v) is 13.3. The molecule has 4 rings (SSSR count). The molecule has 0 bridgehead atoms. The van der Waals surface area contributed by atoms with Crippen molar-refractivity contribution in [2.45, 2.75) is 13.8 Å². The van der Waals surface area contributed by atoms with Gasteiger partial charge < -0.3 is 14.1 Å². The molecule has 0 amide bonds. The molecule has 116 valence electrons. The second-order valence-electron chi connectivity index (χ2n) is 4.55. The van der Waals surface area contributed by atoms with Crippen molar-refractivity contribution in [3.05, 3.63) is 23.6 Å². The molecule has 1 aliphatic heterocycles. The van der Waals surface area contributed by atoms with Gasteiger partial charge in [-0.15, -0.1) is 0 Å². The lowest BCUT2D eigenvalue weighted by atomic mass is 10.3. The van der Waals surface area contributed by atoms with Crippen molar-refractivity contribution in [3.8, 4) is 0 Å². The van der Waals surface area contributed by atoms with E-state index in [2.05, 4.69) is 19.9 Å². The predicted octanol–water partition coefficient (Wildman–Crippen LogP) is 3.29. The molecule has 0 spiro atoms. The molecular weight excluding hydrogens is 304 g/mol. The van der Waals surface area contributed by atoms with Gasteiger partial charge >= 0.3 is 0 Å². The summed E-state index contributed by atoms with van der Waals surface area (Å²) in [6, 6.07) is 3.77. The summed E-state index contributed by atoms with van der Waals surface area (Å²) in [7, 11) is 0. The summed E-state index contributed by atoms with van der Waals surface area (Å²) in [6.45, 7) is 6.85. The van der Waals surface area contributed by atoms with E-state index in [-0.39, 0.29) is 5.28 Å². The minimum atomic E-state index is 0.213. The molecule has 1 fully saturated rings. The minimum Gasteiger partial charge on any atom is -0.432 e. The van der Waals surface area contributed by atoms with Gasteiger partial charge in [-0.25, -0.2) is 9.97 Å². The molecular formula is C15H17ClN4O2. The first kappa shape index (κ1) is 15.0. The number of hydrogen-bond acceptors (Lipinski definition) is 6. The molecule has 0 radical (unpaired) electrons. The van der Waals surface area contributed by atoms with Crippen LogP contribution in [0.2, 0.25) is 5.28 Å². The van der Waals surface area contributed by atoms with E-state index in [1.165, 1.54) is 0 Å². The average Bonchev–Trinajstić information content (AvgIpc) is 2.95. The SMILES string of the molecule is CC.Clc1nc(N2CCOCC2)c2oc3ncccc3c2n1. The first-order chi connectivity index (χ1) is 10.8. The second-order valence-corrected chi connectivity index (χ2v) is 4.89. The Labute approximate surface area is 133 Å². The lowest BCUT2D eigenvalue weighted by Crippen LogP contribution is -2.36. The molecule has 4 heterocycles. The van der Waals surface area contributed by atoms with Crippen LogP contribution in [0.5, 0.6) is 0 Å². The zero-order valence-electron chi connectivity index (χ0n) is 12.5. The Morgan fingerprint density at radius 3 is 2.73 bits per heavy atom. The van der Waals surface area contributed by atoms with Gasteiger partial charge in [0.25, 0.3) is 0 Å². The number of halogens is 1. The Hall–Kier alpha value is -1.92. The van der Waals surface area contributed by atoms with Gasteiger partial charge in [0.1, 0.15) is 5.52 Å². The van der Waals surface area contributed by atoms with E-state index >= 15 is 0 Å². The van der Waals surface area contributed by atoms with Gasteiger partial charge in [0, 0.05) is 19.3 Å². The Morgan fingerprint density at radius 1 is 1.18 bits per heavy atom. The number of anilines is 1. The van der Waals surface area contributed by atoms with Crippen LogP contribution in [0.25, 0.3) is 22.2 Å². The molecule has 0 aromatic carbocycles. The van der Waals surface area contributed by atoms with Crippen molar-refractivity contribution in [3.63, 3.8) is 0 Å².